The van der Waals surface area contributed by atoms with Gasteiger partial charge in [0.05, 0.1) is 5.69 Å². The highest BCUT2D eigenvalue weighted by Crippen LogP contribution is 2.24. The van der Waals surface area contributed by atoms with Crippen molar-refractivity contribution in [2.45, 2.75) is 53.5 Å². The zero-order valence-corrected chi connectivity index (χ0v) is 11.5. The molecule has 0 aromatic carbocycles. The fourth-order valence-corrected chi connectivity index (χ4v) is 2.35. The zero-order chi connectivity index (χ0) is 12.3. The Labute approximate surface area is 99.2 Å². The van der Waals surface area contributed by atoms with Crippen molar-refractivity contribution in [1.82, 2.24) is 15.1 Å². The number of aromatic nitrogens is 2. The van der Waals surface area contributed by atoms with Crippen molar-refractivity contribution in [1.29, 1.82) is 0 Å². The van der Waals surface area contributed by atoms with E-state index in [9.17, 15) is 0 Å². The molecule has 16 heavy (non-hydrogen) atoms. The molecule has 0 radical (unpaired) electrons. The summed E-state index contributed by atoms with van der Waals surface area (Å²) in [5.41, 5.74) is 3.91. The molecule has 0 saturated carbocycles. The summed E-state index contributed by atoms with van der Waals surface area (Å²) in [5, 5.41) is 8.03. The van der Waals surface area contributed by atoms with E-state index in [0.29, 0.717) is 12.0 Å². The van der Waals surface area contributed by atoms with Gasteiger partial charge >= 0.3 is 0 Å². The second-order valence-electron chi connectivity index (χ2n) is 4.83. The van der Waals surface area contributed by atoms with E-state index in [-0.39, 0.29) is 0 Å². The fourth-order valence-electron chi connectivity index (χ4n) is 2.35. The Morgan fingerprint density at radius 1 is 1.25 bits per heavy atom. The Hall–Kier alpha value is -0.830. The predicted octanol–water partition coefficient (Wildman–Crippen LogP) is 2.79. The summed E-state index contributed by atoms with van der Waals surface area (Å²) in [6, 6.07) is 0.443. The minimum absolute atomic E-state index is 0.443. The Bertz CT molecular complexity index is 339. The average molecular weight is 223 g/mol. The van der Waals surface area contributed by atoms with Gasteiger partial charge in [-0.15, -0.1) is 0 Å². The third kappa shape index (κ3) is 2.64. The molecular weight excluding hydrogens is 198 g/mol. The molecule has 1 atom stereocenters. The van der Waals surface area contributed by atoms with Crippen LogP contribution < -0.4 is 5.32 Å². The minimum atomic E-state index is 0.443. The van der Waals surface area contributed by atoms with Crippen molar-refractivity contribution < 1.29 is 0 Å². The Morgan fingerprint density at radius 2 is 1.88 bits per heavy atom. The van der Waals surface area contributed by atoms with E-state index in [1.54, 1.807) is 0 Å². The first kappa shape index (κ1) is 13.2. The number of nitrogens with zero attached hydrogens (tertiary/aromatic N) is 2. The van der Waals surface area contributed by atoms with Crippen molar-refractivity contribution >= 4 is 0 Å². The van der Waals surface area contributed by atoms with Crippen molar-refractivity contribution in [3.05, 3.63) is 17.0 Å². The van der Waals surface area contributed by atoms with E-state index >= 15 is 0 Å². The third-order valence-corrected chi connectivity index (χ3v) is 3.06. The molecule has 0 saturated heterocycles. The van der Waals surface area contributed by atoms with Crippen LogP contribution in [0.4, 0.5) is 0 Å². The molecule has 1 N–H and O–H groups in total. The molecule has 1 rings (SSSR count). The van der Waals surface area contributed by atoms with Crippen molar-refractivity contribution in [3.8, 4) is 0 Å². The Balaban J connectivity index is 2.95. The van der Waals surface area contributed by atoms with Crippen LogP contribution >= 0.6 is 0 Å². The summed E-state index contributed by atoms with van der Waals surface area (Å²) in [4.78, 5) is 0. The van der Waals surface area contributed by atoms with Gasteiger partial charge in [0.2, 0.25) is 0 Å². The number of nitrogens with one attached hydrogen (secondary N) is 1. The van der Waals surface area contributed by atoms with Crippen LogP contribution in [0.5, 0.6) is 0 Å². The van der Waals surface area contributed by atoms with Gasteiger partial charge in [-0.1, -0.05) is 13.8 Å². The Kier molecular flexibility index (Phi) is 4.54. The summed E-state index contributed by atoms with van der Waals surface area (Å²) in [6.07, 6.45) is 0. The number of hydrogen-bond donors (Lipinski definition) is 1. The number of hydrogen-bond acceptors (Lipinski definition) is 2. The lowest BCUT2D eigenvalue weighted by atomic mass is 9.99. The van der Waals surface area contributed by atoms with Crippen LogP contribution in [0.25, 0.3) is 0 Å². The molecule has 0 aliphatic rings. The van der Waals surface area contributed by atoms with E-state index in [1.807, 2.05) is 0 Å². The molecule has 3 nitrogen and oxygen atoms in total. The largest absolute Gasteiger partial charge is 0.316 e. The summed E-state index contributed by atoms with van der Waals surface area (Å²) < 4.78 is 2.13. The molecule has 0 bridgehead atoms. The SMILES string of the molecule is CCNCC(C)c1c(C)nn(C(C)C)c1C. The maximum Gasteiger partial charge on any atom is 0.0631 e. The minimum Gasteiger partial charge on any atom is -0.316 e. The molecular formula is C13H25N3. The topological polar surface area (TPSA) is 29.9 Å². The van der Waals surface area contributed by atoms with Gasteiger partial charge in [-0.25, -0.2) is 0 Å². The number of rotatable bonds is 5. The molecule has 0 spiro atoms. The first-order valence-electron chi connectivity index (χ1n) is 6.25. The molecule has 1 aromatic heterocycles. The first-order chi connectivity index (χ1) is 7.49. The van der Waals surface area contributed by atoms with Gasteiger partial charge in [0.15, 0.2) is 0 Å². The standard InChI is InChI=1S/C13H25N3/c1-7-14-8-10(4)13-11(5)15-16(9(2)3)12(13)6/h9-10,14H,7-8H2,1-6H3. The van der Waals surface area contributed by atoms with Gasteiger partial charge in [0.1, 0.15) is 0 Å². The quantitative estimate of drug-likeness (QED) is 0.832. The summed E-state index contributed by atoms with van der Waals surface area (Å²) >= 11 is 0. The summed E-state index contributed by atoms with van der Waals surface area (Å²) in [5.74, 6) is 0.535. The molecule has 1 unspecified atom stereocenters. The highest BCUT2D eigenvalue weighted by Gasteiger charge is 2.18. The molecule has 1 aromatic rings. The van der Waals surface area contributed by atoms with Crippen molar-refractivity contribution in [3.63, 3.8) is 0 Å². The zero-order valence-electron chi connectivity index (χ0n) is 11.5. The van der Waals surface area contributed by atoms with E-state index in [4.69, 9.17) is 0 Å². The van der Waals surface area contributed by atoms with Crippen LogP contribution in [0.1, 0.15) is 56.6 Å². The first-order valence-corrected chi connectivity index (χ1v) is 6.25. The van der Waals surface area contributed by atoms with Crippen LogP contribution in [0.2, 0.25) is 0 Å². The van der Waals surface area contributed by atoms with Crippen molar-refractivity contribution in [2.75, 3.05) is 13.1 Å². The van der Waals surface area contributed by atoms with Crippen LogP contribution in [-0.2, 0) is 0 Å². The van der Waals surface area contributed by atoms with Gasteiger partial charge in [0.25, 0.3) is 0 Å². The number of aryl methyl sites for hydroxylation is 1. The van der Waals surface area contributed by atoms with Gasteiger partial charge in [-0.3, -0.25) is 4.68 Å². The third-order valence-electron chi connectivity index (χ3n) is 3.06. The predicted molar refractivity (Wildman–Crippen MR) is 69.0 cm³/mol. The molecule has 0 aliphatic carbocycles. The van der Waals surface area contributed by atoms with Gasteiger partial charge in [-0.05, 0) is 40.2 Å². The van der Waals surface area contributed by atoms with Gasteiger partial charge in [0, 0.05) is 23.8 Å². The monoisotopic (exact) mass is 223 g/mol. The summed E-state index contributed by atoms with van der Waals surface area (Å²) in [7, 11) is 0. The lowest BCUT2D eigenvalue weighted by Crippen LogP contribution is -2.20. The second kappa shape index (κ2) is 5.48. The lowest BCUT2D eigenvalue weighted by Gasteiger charge is -2.14. The van der Waals surface area contributed by atoms with Crippen LogP contribution in [0, 0.1) is 13.8 Å². The highest BCUT2D eigenvalue weighted by atomic mass is 15.3. The van der Waals surface area contributed by atoms with Gasteiger partial charge < -0.3 is 5.32 Å². The van der Waals surface area contributed by atoms with E-state index in [1.165, 1.54) is 17.0 Å². The maximum atomic E-state index is 4.63. The Morgan fingerprint density at radius 3 is 2.31 bits per heavy atom. The highest BCUT2D eigenvalue weighted by molar-refractivity contribution is 5.28. The molecule has 0 amide bonds. The fraction of sp³-hybridized carbons (Fsp3) is 0.769. The van der Waals surface area contributed by atoms with E-state index in [0.717, 1.165) is 13.1 Å². The smallest absolute Gasteiger partial charge is 0.0631 e. The number of likely N-dealkylation sites (N-methyl/N-ethyl adjacent to an activating group) is 1. The van der Waals surface area contributed by atoms with Gasteiger partial charge in [-0.2, -0.15) is 5.10 Å². The molecule has 0 fully saturated rings. The van der Waals surface area contributed by atoms with E-state index in [2.05, 4.69) is 56.6 Å². The van der Waals surface area contributed by atoms with Crippen LogP contribution in [0.3, 0.4) is 0 Å². The summed E-state index contributed by atoms with van der Waals surface area (Å²) in [6.45, 7) is 15.1. The molecule has 1 heterocycles. The maximum absolute atomic E-state index is 4.63. The van der Waals surface area contributed by atoms with Crippen LogP contribution in [0.15, 0.2) is 0 Å². The molecule has 92 valence electrons. The molecule has 0 aliphatic heterocycles. The molecule has 3 heteroatoms. The van der Waals surface area contributed by atoms with Crippen LogP contribution in [-0.4, -0.2) is 22.9 Å². The van der Waals surface area contributed by atoms with E-state index < -0.39 is 0 Å². The van der Waals surface area contributed by atoms with Crippen molar-refractivity contribution in [2.24, 2.45) is 0 Å². The normalized spacial score (nSPS) is 13.4. The lowest BCUT2D eigenvalue weighted by molar-refractivity contribution is 0.514. The second-order valence-corrected chi connectivity index (χ2v) is 4.83. The average Bonchev–Trinajstić information content (AvgIpc) is 2.51.